The fraction of sp³-hybridized carbons (Fsp3) is 0.444. The van der Waals surface area contributed by atoms with E-state index in [4.69, 9.17) is 9.97 Å². The summed E-state index contributed by atoms with van der Waals surface area (Å²) >= 11 is 0. The van der Waals surface area contributed by atoms with Crippen LogP contribution < -0.4 is 0 Å². The molecule has 0 aliphatic carbocycles. The molecule has 220 valence electrons. The number of H-pyrrole nitrogens is 1. The molecule has 0 saturated heterocycles. The van der Waals surface area contributed by atoms with Gasteiger partial charge in [0.1, 0.15) is 0 Å². The zero-order valence-electron chi connectivity index (χ0n) is 26.2. The summed E-state index contributed by atoms with van der Waals surface area (Å²) in [4.78, 5) is 14.4. The molecular formula is C36H46N4Ni. The Morgan fingerprint density at radius 2 is 1.20 bits per heavy atom. The average Bonchev–Trinajstić information content (AvgIpc) is 3.73. The molecule has 5 heterocycles. The second-order valence-electron chi connectivity index (χ2n) is 10.8. The molecule has 8 bridgehead atoms. The van der Waals surface area contributed by atoms with Crippen LogP contribution in [0.15, 0.2) is 18.2 Å². The van der Waals surface area contributed by atoms with E-state index in [0.29, 0.717) is 0 Å². The molecule has 1 N–H and O–H groups in total. The van der Waals surface area contributed by atoms with Crippen molar-refractivity contribution in [3.63, 3.8) is 0 Å². The van der Waals surface area contributed by atoms with E-state index in [1.807, 2.05) is 0 Å². The van der Waals surface area contributed by atoms with Gasteiger partial charge in [0.25, 0.3) is 0 Å². The third-order valence-electron chi connectivity index (χ3n) is 8.85. The van der Waals surface area contributed by atoms with E-state index in [1.165, 1.54) is 66.9 Å². The van der Waals surface area contributed by atoms with Crippen molar-refractivity contribution in [3.8, 4) is 0 Å². The molecule has 2 aliphatic heterocycles. The van der Waals surface area contributed by atoms with Crippen molar-refractivity contribution in [2.45, 2.75) is 107 Å². The van der Waals surface area contributed by atoms with Gasteiger partial charge >= 0.3 is 0 Å². The first kappa shape index (κ1) is 31.0. The average molecular weight is 593 g/mol. The summed E-state index contributed by atoms with van der Waals surface area (Å²) in [5.74, 6) is 0. The maximum absolute atomic E-state index is 5.61. The smallest absolute Gasteiger partial charge is 0.0725 e. The van der Waals surface area contributed by atoms with Crippen LogP contribution in [0.1, 0.15) is 119 Å². The molecule has 3 aromatic heterocycles. The van der Waals surface area contributed by atoms with Gasteiger partial charge in [0.15, 0.2) is 0 Å². The minimum Gasteiger partial charge on any atom is -0.355 e. The molecule has 0 unspecified atom stereocenters. The van der Waals surface area contributed by atoms with Gasteiger partial charge in [-0.15, -0.1) is 0 Å². The number of allylic oxidation sites excluding steroid dienone is 2. The molecule has 0 amide bonds. The van der Waals surface area contributed by atoms with E-state index in [1.54, 1.807) is 0 Å². The zero-order valence-corrected chi connectivity index (χ0v) is 27.2. The first-order chi connectivity index (χ1) is 19.5. The monoisotopic (exact) mass is 592 g/mol. The third-order valence-corrected chi connectivity index (χ3v) is 8.85. The normalized spacial score (nSPS) is 12.8. The molecule has 2 aliphatic rings. The van der Waals surface area contributed by atoms with Gasteiger partial charge in [0.05, 0.1) is 28.3 Å². The fourth-order valence-corrected chi connectivity index (χ4v) is 7.06. The number of aromatic nitrogens is 4. The van der Waals surface area contributed by atoms with E-state index < -0.39 is 0 Å². The molecule has 4 nitrogen and oxygen atoms in total. The SMILES string of the molecule is CCC1=C(CC)c2nc1c(CC)c1[nH]c(cc3nc(cc4c(CC)c(CC)c(c2CC)n4CC)C=C3)cc1CC.[Ni]. The van der Waals surface area contributed by atoms with Crippen molar-refractivity contribution in [2.75, 3.05) is 0 Å². The second-order valence-corrected chi connectivity index (χ2v) is 10.8. The summed E-state index contributed by atoms with van der Waals surface area (Å²) in [6.45, 7) is 19.2. The number of hydrogen-bond acceptors (Lipinski definition) is 2. The Bertz CT molecular complexity index is 1680. The van der Waals surface area contributed by atoms with E-state index in [-0.39, 0.29) is 16.5 Å². The summed E-state index contributed by atoms with van der Waals surface area (Å²) in [6.07, 6.45) is 11.2. The first-order valence-corrected chi connectivity index (χ1v) is 15.7. The Hall–Kier alpha value is -2.91. The summed E-state index contributed by atoms with van der Waals surface area (Å²) in [5, 5.41) is 0. The van der Waals surface area contributed by atoms with Gasteiger partial charge in [0, 0.05) is 50.7 Å². The van der Waals surface area contributed by atoms with Crippen molar-refractivity contribution < 1.29 is 16.5 Å². The summed E-state index contributed by atoms with van der Waals surface area (Å²) in [5.41, 5.74) is 19.3. The van der Waals surface area contributed by atoms with Crippen LogP contribution in [-0.4, -0.2) is 19.5 Å². The maximum atomic E-state index is 5.61. The molecule has 5 rings (SSSR count). The Labute approximate surface area is 256 Å². The number of rotatable bonds is 8. The third kappa shape index (κ3) is 5.16. The molecule has 0 radical (unpaired) electrons. The van der Waals surface area contributed by atoms with Crippen LogP contribution in [0, 0.1) is 0 Å². The molecule has 3 aromatic rings. The Balaban J connectivity index is 0.00000387. The Kier molecular flexibility index (Phi) is 9.80. The second kappa shape index (κ2) is 12.9. The van der Waals surface area contributed by atoms with Crippen LogP contribution in [0.25, 0.3) is 45.4 Å². The minimum atomic E-state index is 0. The number of aryl methyl sites for hydroxylation is 6. The van der Waals surface area contributed by atoms with Crippen LogP contribution in [0.4, 0.5) is 0 Å². The van der Waals surface area contributed by atoms with Gasteiger partial charge in [-0.05, 0) is 110 Å². The van der Waals surface area contributed by atoms with Crippen molar-refractivity contribution >= 4 is 45.4 Å². The summed E-state index contributed by atoms with van der Waals surface area (Å²) < 4.78 is 2.55. The molecule has 0 aromatic carbocycles. The topological polar surface area (TPSA) is 46.5 Å². The van der Waals surface area contributed by atoms with Crippen LogP contribution in [-0.2, 0) is 55.1 Å². The van der Waals surface area contributed by atoms with Crippen molar-refractivity contribution in [3.05, 3.63) is 68.8 Å². The summed E-state index contributed by atoms with van der Waals surface area (Å²) in [6, 6.07) is 6.80. The van der Waals surface area contributed by atoms with Gasteiger partial charge in [-0.25, -0.2) is 9.97 Å². The van der Waals surface area contributed by atoms with Crippen molar-refractivity contribution in [1.29, 1.82) is 0 Å². The fourth-order valence-electron chi connectivity index (χ4n) is 7.06. The number of fused-ring (bicyclic) bond motifs is 8. The number of nitrogens with one attached hydrogen (secondary N) is 1. The quantitative estimate of drug-likeness (QED) is 0.207. The largest absolute Gasteiger partial charge is 0.355 e. The van der Waals surface area contributed by atoms with Gasteiger partial charge in [-0.3, -0.25) is 0 Å². The van der Waals surface area contributed by atoms with E-state index in [0.717, 1.165) is 68.4 Å². The van der Waals surface area contributed by atoms with Crippen LogP contribution in [0.5, 0.6) is 0 Å². The van der Waals surface area contributed by atoms with E-state index >= 15 is 0 Å². The van der Waals surface area contributed by atoms with E-state index in [9.17, 15) is 0 Å². The molecule has 0 saturated carbocycles. The zero-order chi connectivity index (χ0) is 28.6. The number of nitrogens with zero attached hydrogens (tertiary/aromatic N) is 3. The van der Waals surface area contributed by atoms with Crippen LogP contribution in [0.2, 0.25) is 0 Å². The molecule has 0 spiro atoms. The molecule has 5 heteroatoms. The number of hydrogen-bond donors (Lipinski definition) is 1. The predicted molar refractivity (Wildman–Crippen MR) is 174 cm³/mol. The number of aromatic amines is 1. The Morgan fingerprint density at radius 1 is 0.610 bits per heavy atom. The summed E-state index contributed by atoms with van der Waals surface area (Å²) in [7, 11) is 0. The molecular weight excluding hydrogens is 547 g/mol. The predicted octanol–water partition coefficient (Wildman–Crippen LogP) is 9.52. The first-order valence-electron chi connectivity index (χ1n) is 15.7. The molecule has 0 fully saturated rings. The molecule has 0 atom stereocenters. The van der Waals surface area contributed by atoms with Crippen LogP contribution >= 0.6 is 0 Å². The van der Waals surface area contributed by atoms with Crippen molar-refractivity contribution in [1.82, 2.24) is 19.5 Å². The van der Waals surface area contributed by atoms with Gasteiger partial charge in [-0.2, -0.15) is 0 Å². The Morgan fingerprint density at radius 3 is 1.73 bits per heavy atom. The maximum Gasteiger partial charge on any atom is 0.0725 e. The molecule has 41 heavy (non-hydrogen) atoms. The van der Waals surface area contributed by atoms with Crippen LogP contribution in [0.3, 0.4) is 0 Å². The van der Waals surface area contributed by atoms with E-state index in [2.05, 4.69) is 95.3 Å². The van der Waals surface area contributed by atoms with Gasteiger partial charge in [-0.1, -0.05) is 48.5 Å². The van der Waals surface area contributed by atoms with Gasteiger partial charge < -0.3 is 9.55 Å². The van der Waals surface area contributed by atoms with Crippen molar-refractivity contribution in [2.24, 2.45) is 0 Å². The minimum absolute atomic E-state index is 0. The van der Waals surface area contributed by atoms with Gasteiger partial charge in [0.2, 0.25) is 0 Å². The standard InChI is InChI=1S/C36H46N4.Ni/c1-9-22-19-25-20-23-17-18-24(37-23)21-32-26(10-2)29(13-5)36(40(32)16-8)31(15-7)35-28(12-4)27(11-3)34(39-35)30(14-6)33(22)38-25;/h17-21,38H,9-16H2,1-8H3;.